The molecule has 0 bridgehead atoms. The van der Waals surface area contributed by atoms with Crippen molar-refractivity contribution in [3.63, 3.8) is 0 Å². The smallest absolute Gasteiger partial charge is 0.234 e. The summed E-state index contributed by atoms with van der Waals surface area (Å²) in [6, 6.07) is 9.26. The van der Waals surface area contributed by atoms with Crippen LogP contribution in [0, 0.1) is 0 Å². The van der Waals surface area contributed by atoms with Gasteiger partial charge in [0.1, 0.15) is 5.92 Å². The van der Waals surface area contributed by atoms with E-state index in [0.29, 0.717) is 6.54 Å². The van der Waals surface area contributed by atoms with Crippen LogP contribution in [0.2, 0.25) is 0 Å². The molecule has 0 saturated carbocycles. The van der Waals surface area contributed by atoms with Crippen LogP contribution in [0.15, 0.2) is 30.3 Å². The summed E-state index contributed by atoms with van der Waals surface area (Å²) in [6.45, 7) is 2.31. The van der Waals surface area contributed by atoms with E-state index in [9.17, 15) is 4.79 Å². The molecule has 1 amide bonds. The highest BCUT2D eigenvalue weighted by molar-refractivity contribution is 7.80. The number of hydrogen-bond donors (Lipinski definition) is 2. The minimum atomic E-state index is -0.592. The molecule has 1 aromatic carbocycles. The Morgan fingerprint density at radius 1 is 1.44 bits per heavy atom. The highest BCUT2D eigenvalue weighted by Crippen LogP contribution is 2.16. The Morgan fingerprint density at radius 3 is 2.56 bits per heavy atom. The molecule has 0 aliphatic carbocycles. The first-order valence-corrected chi connectivity index (χ1v) is 6.11. The van der Waals surface area contributed by atoms with E-state index in [1.165, 1.54) is 0 Å². The molecule has 0 saturated heterocycles. The molecule has 1 rings (SSSR count). The highest BCUT2D eigenvalue weighted by Gasteiger charge is 2.23. The lowest BCUT2D eigenvalue weighted by Crippen LogP contribution is -2.39. The van der Waals surface area contributed by atoms with E-state index in [1.54, 1.807) is 7.11 Å². The van der Waals surface area contributed by atoms with Crippen LogP contribution in [0.5, 0.6) is 0 Å². The molecular weight excluding hydrogens is 248 g/mol. The van der Waals surface area contributed by atoms with Crippen LogP contribution in [0.3, 0.4) is 0 Å². The molecule has 4 nitrogen and oxygen atoms in total. The largest absolute Gasteiger partial charge is 0.392 e. The van der Waals surface area contributed by atoms with Gasteiger partial charge in [0.05, 0.1) is 11.1 Å². The maximum Gasteiger partial charge on any atom is 0.234 e. The summed E-state index contributed by atoms with van der Waals surface area (Å²) in [4.78, 5) is 12.2. The number of carbonyl (C=O) groups is 1. The number of nitrogens with two attached hydrogens (primary N) is 1. The molecule has 98 valence electrons. The second-order valence-electron chi connectivity index (χ2n) is 4.04. The number of amides is 1. The summed E-state index contributed by atoms with van der Waals surface area (Å²) in [5.41, 5.74) is 6.45. The molecule has 2 unspecified atom stereocenters. The number of hydrogen-bond acceptors (Lipinski definition) is 3. The minimum Gasteiger partial charge on any atom is -0.392 e. The standard InChI is InChI=1S/C13H18N2O2S/c1-9(17-2)8-15-13(16)11(12(14)18)10-6-4-3-5-7-10/h3-7,9,11H,8H2,1-2H3,(H2,14,18)(H,15,16). The first-order chi connectivity index (χ1) is 8.56. The number of rotatable bonds is 6. The quantitative estimate of drug-likeness (QED) is 0.760. The number of benzene rings is 1. The van der Waals surface area contributed by atoms with Gasteiger partial charge in [-0.25, -0.2) is 0 Å². The molecular formula is C13H18N2O2S. The number of ether oxygens (including phenoxy) is 1. The lowest BCUT2D eigenvalue weighted by atomic mass is 9.98. The molecule has 5 heteroatoms. The summed E-state index contributed by atoms with van der Waals surface area (Å²) < 4.78 is 5.07. The van der Waals surface area contributed by atoms with Crippen molar-refractivity contribution >= 4 is 23.1 Å². The van der Waals surface area contributed by atoms with Gasteiger partial charge in [-0.1, -0.05) is 42.5 Å². The van der Waals surface area contributed by atoms with Crippen LogP contribution in [-0.2, 0) is 9.53 Å². The van der Waals surface area contributed by atoms with E-state index >= 15 is 0 Å². The summed E-state index contributed by atoms with van der Waals surface area (Å²) in [6.07, 6.45) is -0.0447. The average molecular weight is 266 g/mol. The Labute approximate surface area is 113 Å². The number of thiocarbonyl (C=S) groups is 1. The fourth-order valence-electron chi connectivity index (χ4n) is 1.52. The molecule has 2 atom stereocenters. The highest BCUT2D eigenvalue weighted by atomic mass is 32.1. The summed E-state index contributed by atoms with van der Waals surface area (Å²) >= 11 is 4.97. The van der Waals surface area contributed by atoms with Crippen LogP contribution in [-0.4, -0.2) is 30.7 Å². The first-order valence-electron chi connectivity index (χ1n) is 5.71. The topological polar surface area (TPSA) is 64.3 Å². The van der Waals surface area contributed by atoms with Gasteiger partial charge in [-0.3, -0.25) is 4.79 Å². The van der Waals surface area contributed by atoms with E-state index in [4.69, 9.17) is 22.7 Å². The molecule has 0 aliphatic heterocycles. The van der Waals surface area contributed by atoms with Gasteiger partial charge in [0, 0.05) is 13.7 Å². The van der Waals surface area contributed by atoms with Crippen LogP contribution in [0.4, 0.5) is 0 Å². The number of methoxy groups -OCH3 is 1. The second-order valence-corrected chi connectivity index (χ2v) is 4.51. The van der Waals surface area contributed by atoms with Gasteiger partial charge in [-0.15, -0.1) is 0 Å². The Bertz CT molecular complexity index is 409. The van der Waals surface area contributed by atoms with E-state index in [1.807, 2.05) is 37.3 Å². The third kappa shape index (κ3) is 4.09. The van der Waals surface area contributed by atoms with E-state index in [2.05, 4.69) is 5.32 Å². The molecule has 0 aromatic heterocycles. The fourth-order valence-corrected chi connectivity index (χ4v) is 1.76. The van der Waals surface area contributed by atoms with Crippen molar-refractivity contribution in [3.05, 3.63) is 35.9 Å². The SMILES string of the molecule is COC(C)CNC(=O)C(C(N)=S)c1ccccc1. The van der Waals surface area contributed by atoms with Crippen molar-refractivity contribution in [1.82, 2.24) is 5.32 Å². The maximum atomic E-state index is 12.1. The Hall–Kier alpha value is -1.46. The normalized spacial score (nSPS) is 13.7. The van der Waals surface area contributed by atoms with Gasteiger partial charge >= 0.3 is 0 Å². The zero-order valence-electron chi connectivity index (χ0n) is 10.6. The third-order valence-corrected chi connectivity index (χ3v) is 2.88. The van der Waals surface area contributed by atoms with Crippen molar-refractivity contribution in [3.8, 4) is 0 Å². The van der Waals surface area contributed by atoms with Gasteiger partial charge in [-0.2, -0.15) is 0 Å². The Morgan fingerprint density at radius 2 is 2.06 bits per heavy atom. The Balaban J connectivity index is 2.74. The van der Waals surface area contributed by atoms with Crippen molar-refractivity contribution < 1.29 is 9.53 Å². The first kappa shape index (κ1) is 14.6. The van der Waals surface area contributed by atoms with Crippen molar-refractivity contribution in [2.24, 2.45) is 5.73 Å². The van der Waals surface area contributed by atoms with Crippen molar-refractivity contribution in [1.29, 1.82) is 0 Å². The zero-order chi connectivity index (χ0) is 13.5. The summed E-state index contributed by atoms with van der Waals surface area (Å²) in [7, 11) is 1.60. The predicted octanol–water partition coefficient (Wildman–Crippen LogP) is 1.21. The second kappa shape index (κ2) is 7.08. The molecule has 0 radical (unpaired) electrons. The van der Waals surface area contributed by atoms with Gasteiger partial charge in [0.2, 0.25) is 5.91 Å². The summed E-state index contributed by atoms with van der Waals surface area (Å²) in [5, 5.41) is 2.78. The van der Waals surface area contributed by atoms with Gasteiger partial charge in [0.25, 0.3) is 0 Å². The van der Waals surface area contributed by atoms with Gasteiger partial charge in [0.15, 0.2) is 0 Å². The van der Waals surface area contributed by atoms with Crippen LogP contribution < -0.4 is 11.1 Å². The predicted molar refractivity (Wildman–Crippen MR) is 75.4 cm³/mol. The van der Waals surface area contributed by atoms with E-state index < -0.39 is 5.92 Å². The van der Waals surface area contributed by atoms with Crippen LogP contribution in [0.25, 0.3) is 0 Å². The molecule has 0 fully saturated rings. The molecule has 0 aliphatic rings. The van der Waals surface area contributed by atoms with Crippen molar-refractivity contribution in [2.45, 2.75) is 18.9 Å². The molecule has 0 heterocycles. The summed E-state index contributed by atoms with van der Waals surface area (Å²) in [5.74, 6) is -0.789. The fraction of sp³-hybridized carbons (Fsp3) is 0.385. The molecule has 0 spiro atoms. The minimum absolute atomic E-state index is 0.0447. The van der Waals surface area contributed by atoms with Gasteiger partial charge in [-0.05, 0) is 12.5 Å². The molecule has 1 aromatic rings. The average Bonchev–Trinajstić information content (AvgIpc) is 2.37. The van der Waals surface area contributed by atoms with Crippen LogP contribution >= 0.6 is 12.2 Å². The lowest BCUT2D eigenvalue weighted by Gasteiger charge is -2.17. The van der Waals surface area contributed by atoms with Crippen LogP contribution in [0.1, 0.15) is 18.4 Å². The van der Waals surface area contributed by atoms with E-state index in [-0.39, 0.29) is 17.0 Å². The van der Waals surface area contributed by atoms with Crippen molar-refractivity contribution in [2.75, 3.05) is 13.7 Å². The van der Waals surface area contributed by atoms with E-state index in [0.717, 1.165) is 5.56 Å². The van der Waals surface area contributed by atoms with Gasteiger partial charge < -0.3 is 15.8 Å². The maximum absolute atomic E-state index is 12.1. The zero-order valence-corrected chi connectivity index (χ0v) is 11.4. The lowest BCUT2D eigenvalue weighted by molar-refractivity contribution is -0.121. The monoisotopic (exact) mass is 266 g/mol. The Kier molecular flexibility index (Phi) is 5.74. The molecule has 18 heavy (non-hydrogen) atoms. The third-order valence-electron chi connectivity index (χ3n) is 2.65. The molecule has 3 N–H and O–H groups in total. The number of carbonyl (C=O) groups excluding carboxylic acids is 1. The number of nitrogens with one attached hydrogen (secondary N) is 1.